The van der Waals surface area contributed by atoms with Crippen LogP contribution < -0.4 is 4.90 Å². The Kier molecular flexibility index (Phi) is 5.51. The van der Waals surface area contributed by atoms with Gasteiger partial charge in [0.1, 0.15) is 0 Å². The Labute approximate surface area is 113 Å². The van der Waals surface area contributed by atoms with E-state index in [1.54, 1.807) is 11.9 Å². The summed E-state index contributed by atoms with van der Waals surface area (Å²) in [5.41, 5.74) is 0.798. The Balaban J connectivity index is 2.69. The van der Waals surface area contributed by atoms with Gasteiger partial charge in [-0.3, -0.25) is 14.5 Å². The van der Waals surface area contributed by atoms with E-state index >= 15 is 0 Å². The molecule has 1 amide bonds. The molecule has 0 bridgehead atoms. The van der Waals surface area contributed by atoms with Crippen molar-refractivity contribution in [3.63, 3.8) is 0 Å². The van der Waals surface area contributed by atoms with E-state index < -0.39 is 5.97 Å². The van der Waals surface area contributed by atoms with Crippen molar-refractivity contribution in [2.45, 2.75) is 19.9 Å². The molecule has 104 valence electrons. The number of para-hydroxylation sites is 1. The number of benzene rings is 1. The number of carbonyl (C=O) groups is 2. The summed E-state index contributed by atoms with van der Waals surface area (Å²) in [7, 11) is 1.69. The van der Waals surface area contributed by atoms with Crippen LogP contribution >= 0.6 is 0 Å². The van der Waals surface area contributed by atoms with Gasteiger partial charge < -0.3 is 10.0 Å². The SMILES string of the molecule is CC(C)N(CC(=O)O)CC(=O)N(C)c1ccccc1. The normalized spacial score (nSPS) is 10.8. The Morgan fingerprint density at radius 2 is 1.74 bits per heavy atom. The molecular formula is C14H20N2O3. The first kappa shape index (κ1) is 15.2. The number of hydrogen-bond acceptors (Lipinski definition) is 3. The molecule has 5 heteroatoms. The highest BCUT2D eigenvalue weighted by Crippen LogP contribution is 2.11. The lowest BCUT2D eigenvalue weighted by atomic mass is 10.2. The predicted molar refractivity (Wildman–Crippen MR) is 74.2 cm³/mol. The molecule has 0 aliphatic carbocycles. The third-order valence-corrected chi connectivity index (χ3v) is 2.92. The summed E-state index contributed by atoms with van der Waals surface area (Å²) >= 11 is 0. The third-order valence-electron chi connectivity index (χ3n) is 2.92. The second-order valence-electron chi connectivity index (χ2n) is 4.68. The summed E-state index contributed by atoms with van der Waals surface area (Å²) in [6, 6.07) is 9.29. The number of hydrogen-bond donors (Lipinski definition) is 1. The first-order chi connectivity index (χ1) is 8.91. The lowest BCUT2D eigenvalue weighted by molar-refractivity contribution is -0.139. The molecule has 0 fully saturated rings. The first-order valence-corrected chi connectivity index (χ1v) is 6.19. The number of anilines is 1. The molecule has 1 rings (SSSR count). The highest BCUT2D eigenvalue weighted by molar-refractivity contribution is 5.94. The third kappa shape index (κ3) is 4.71. The smallest absolute Gasteiger partial charge is 0.317 e. The highest BCUT2D eigenvalue weighted by atomic mass is 16.4. The minimum Gasteiger partial charge on any atom is -0.480 e. The van der Waals surface area contributed by atoms with Gasteiger partial charge in [0, 0.05) is 18.8 Å². The van der Waals surface area contributed by atoms with Crippen LogP contribution in [-0.2, 0) is 9.59 Å². The number of rotatable bonds is 6. The maximum Gasteiger partial charge on any atom is 0.317 e. The lowest BCUT2D eigenvalue weighted by Gasteiger charge is -2.26. The van der Waals surface area contributed by atoms with Crippen molar-refractivity contribution < 1.29 is 14.7 Å². The number of aliphatic carboxylic acids is 1. The fourth-order valence-electron chi connectivity index (χ4n) is 1.67. The van der Waals surface area contributed by atoms with E-state index in [2.05, 4.69) is 0 Å². The van der Waals surface area contributed by atoms with Crippen molar-refractivity contribution in [2.75, 3.05) is 25.0 Å². The summed E-state index contributed by atoms with van der Waals surface area (Å²) in [6.07, 6.45) is 0. The molecule has 0 aliphatic rings. The Morgan fingerprint density at radius 3 is 2.21 bits per heavy atom. The van der Waals surface area contributed by atoms with Crippen LogP contribution in [0.15, 0.2) is 30.3 Å². The van der Waals surface area contributed by atoms with Crippen LogP contribution in [0.2, 0.25) is 0 Å². The molecule has 0 radical (unpaired) electrons. The second-order valence-corrected chi connectivity index (χ2v) is 4.68. The van der Waals surface area contributed by atoms with E-state index in [-0.39, 0.29) is 25.0 Å². The van der Waals surface area contributed by atoms with E-state index in [0.29, 0.717) is 0 Å². The van der Waals surface area contributed by atoms with Crippen molar-refractivity contribution in [1.82, 2.24) is 4.90 Å². The van der Waals surface area contributed by atoms with Gasteiger partial charge in [-0.1, -0.05) is 18.2 Å². The zero-order valence-electron chi connectivity index (χ0n) is 11.5. The summed E-state index contributed by atoms with van der Waals surface area (Å²) in [5.74, 6) is -1.05. The fourth-order valence-corrected chi connectivity index (χ4v) is 1.67. The Morgan fingerprint density at radius 1 is 1.16 bits per heavy atom. The number of carbonyl (C=O) groups excluding carboxylic acids is 1. The summed E-state index contributed by atoms with van der Waals surface area (Å²) < 4.78 is 0. The molecule has 0 heterocycles. The monoisotopic (exact) mass is 264 g/mol. The lowest BCUT2D eigenvalue weighted by Crippen LogP contribution is -2.44. The van der Waals surface area contributed by atoms with Crippen LogP contribution in [0.1, 0.15) is 13.8 Å². The average Bonchev–Trinajstić information content (AvgIpc) is 2.37. The Bertz CT molecular complexity index is 432. The molecule has 0 saturated carbocycles. The van der Waals surface area contributed by atoms with E-state index in [4.69, 9.17) is 5.11 Å². The van der Waals surface area contributed by atoms with Crippen LogP contribution in [0.5, 0.6) is 0 Å². The number of likely N-dealkylation sites (N-methyl/N-ethyl adjacent to an activating group) is 1. The predicted octanol–water partition coefficient (Wildman–Crippen LogP) is 1.44. The van der Waals surface area contributed by atoms with Crippen LogP contribution in [0.25, 0.3) is 0 Å². The van der Waals surface area contributed by atoms with Crippen molar-refractivity contribution in [3.8, 4) is 0 Å². The molecule has 0 aliphatic heterocycles. The first-order valence-electron chi connectivity index (χ1n) is 6.19. The molecular weight excluding hydrogens is 244 g/mol. The van der Waals surface area contributed by atoms with Gasteiger partial charge in [-0.05, 0) is 26.0 Å². The highest BCUT2D eigenvalue weighted by Gasteiger charge is 2.19. The topological polar surface area (TPSA) is 60.9 Å². The van der Waals surface area contributed by atoms with E-state index in [9.17, 15) is 9.59 Å². The number of carboxylic acids is 1. The zero-order chi connectivity index (χ0) is 14.4. The van der Waals surface area contributed by atoms with Gasteiger partial charge in [-0.15, -0.1) is 0 Å². The molecule has 0 unspecified atom stereocenters. The van der Waals surface area contributed by atoms with E-state index in [0.717, 1.165) is 5.69 Å². The summed E-state index contributed by atoms with van der Waals surface area (Å²) in [6.45, 7) is 3.71. The quantitative estimate of drug-likeness (QED) is 0.844. The largest absolute Gasteiger partial charge is 0.480 e. The minimum absolute atomic E-state index is 0.00391. The number of nitrogens with zero attached hydrogens (tertiary/aromatic N) is 2. The molecule has 0 saturated heterocycles. The van der Waals surface area contributed by atoms with Gasteiger partial charge in [-0.25, -0.2) is 0 Å². The van der Waals surface area contributed by atoms with Gasteiger partial charge in [0.25, 0.3) is 0 Å². The van der Waals surface area contributed by atoms with Gasteiger partial charge in [0.2, 0.25) is 5.91 Å². The van der Waals surface area contributed by atoms with E-state index in [1.165, 1.54) is 4.90 Å². The molecule has 0 spiro atoms. The fraction of sp³-hybridized carbons (Fsp3) is 0.429. The second kappa shape index (κ2) is 6.89. The van der Waals surface area contributed by atoms with Gasteiger partial charge >= 0.3 is 5.97 Å². The summed E-state index contributed by atoms with van der Waals surface area (Å²) in [5, 5.41) is 8.83. The minimum atomic E-state index is -0.927. The van der Waals surface area contributed by atoms with Gasteiger partial charge in [0.15, 0.2) is 0 Å². The molecule has 1 aromatic rings. The standard InChI is InChI=1S/C14H20N2O3/c1-11(2)16(10-14(18)19)9-13(17)15(3)12-7-5-4-6-8-12/h4-8,11H,9-10H2,1-3H3,(H,18,19). The van der Waals surface area contributed by atoms with Crippen molar-refractivity contribution >= 4 is 17.6 Å². The molecule has 1 N–H and O–H groups in total. The number of carboxylic acid groups (broad SMARTS) is 1. The summed E-state index contributed by atoms with van der Waals surface area (Å²) in [4.78, 5) is 26.1. The maximum absolute atomic E-state index is 12.1. The van der Waals surface area contributed by atoms with Crippen LogP contribution in [-0.4, -0.2) is 48.1 Å². The van der Waals surface area contributed by atoms with Crippen LogP contribution in [0, 0.1) is 0 Å². The van der Waals surface area contributed by atoms with Crippen LogP contribution in [0.3, 0.4) is 0 Å². The molecule has 0 aromatic heterocycles. The molecule has 1 aromatic carbocycles. The van der Waals surface area contributed by atoms with E-state index in [1.807, 2.05) is 44.2 Å². The maximum atomic E-state index is 12.1. The molecule has 19 heavy (non-hydrogen) atoms. The van der Waals surface area contributed by atoms with Crippen molar-refractivity contribution in [1.29, 1.82) is 0 Å². The molecule has 5 nitrogen and oxygen atoms in total. The number of amides is 1. The zero-order valence-corrected chi connectivity index (χ0v) is 11.5. The average molecular weight is 264 g/mol. The van der Waals surface area contributed by atoms with Gasteiger partial charge in [-0.2, -0.15) is 0 Å². The van der Waals surface area contributed by atoms with Gasteiger partial charge in [0.05, 0.1) is 13.1 Å². The Hall–Kier alpha value is -1.88. The van der Waals surface area contributed by atoms with Crippen molar-refractivity contribution in [2.24, 2.45) is 0 Å². The molecule has 0 atom stereocenters. The van der Waals surface area contributed by atoms with Crippen LogP contribution in [0.4, 0.5) is 5.69 Å². The van der Waals surface area contributed by atoms with Crippen molar-refractivity contribution in [3.05, 3.63) is 30.3 Å².